The van der Waals surface area contributed by atoms with Gasteiger partial charge in [-0.3, -0.25) is 15.1 Å². The number of aliphatic hydroxyl groups excluding tert-OH is 1. The summed E-state index contributed by atoms with van der Waals surface area (Å²) in [7, 11) is -3.47. The molecule has 0 aliphatic rings. The van der Waals surface area contributed by atoms with E-state index in [4.69, 9.17) is 16.0 Å². The third kappa shape index (κ3) is 7.56. The standard InChI is InChI=1S/C30H31ClF3N3O5S/c1-4-22-23-10-7-19(13-28(23)42-27(22)12-18-6-8-20(31)14-24(18)30(32,33)34)29(39)37-26(16-35-17(3)38)25-11-9-21(15-36-25)43(40,41)5-2/h6-11,13-15,17,26,35,38H,4-5,12,16H2,1-3H3,(H,37,39)/t17?,26-/m0/s1. The van der Waals surface area contributed by atoms with Crippen LogP contribution in [-0.2, 0) is 28.9 Å². The Morgan fingerprint density at radius 1 is 1.12 bits per heavy atom. The maximum absolute atomic E-state index is 13.7. The van der Waals surface area contributed by atoms with Crippen molar-refractivity contribution in [3.63, 3.8) is 0 Å². The van der Waals surface area contributed by atoms with Gasteiger partial charge in [-0.2, -0.15) is 13.2 Å². The van der Waals surface area contributed by atoms with Crippen molar-refractivity contribution in [2.75, 3.05) is 12.3 Å². The molecule has 0 fully saturated rings. The first-order chi connectivity index (χ1) is 20.2. The number of alkyl halides is 3. The van der Waals surface area contributed by atoms with Crippen molar-refractivity contribution in [3.05, 3.63) is 93.5 Å². The van der Waals surface area contributed by atoms with Gasteiger partial charge in [0, 0.05) is 40.7 Å². The maximum Gasteiger partial charge on any atom is 0.416 e. The molecule has 4 rings (SSSR count). The van der Waals surface area contributed by atoms with Crippen molar-refractivity contribution in [3.8, 4) is 0 Å². The second-order valence-electron chi connectivity index (χ2n) is 9.98. The van der Waals surface area contributed by atoms with Crippen LogP contribution in [0, 0.1) is 0 Å². The van der Waals surface area contributed by atoms with E-state index < -0.39 is 39.8 Å². The summed E-state index contributed by atoms with van der Waals surface area (Å²) in [4.78, 5) is 17.6. The molecule has 4 aromatic rings. The highest BCUT2D eigenvalue weighted by molar-refractivity contribution is 7.91. The zero-order valence-electron chi connectivity index (χ0n) is 23.6. The third-order valence-electron chi connectivity index (χ3n) is 7.00. The summed E-state index contributed by atoms with van der Waals surface area (Å²) in [6, 6.07) is 10.6. The van der Waals surface area contributed by atoms with Crippen LogP contribution >= 0.6 is 11.6 Å². The zero-order chi connectivity index (χ0) is 31.5. The van der Waals surface area contributed by atoms with Gasteiger partial charge in [-0.25, -0.2) is 8.42 Å². The number of carbonyl (C=O) groups excluding carboxylic acids is 1. The SMILES string of the molecule is CCc1c(Cc2ccc(Cl)cc2C(F)(F)F)oc2cc(C(=O)N[C@@H](CNC(C)O)c3ccc(S(=O)(=O)CC)cn3)ccc12. The topological polar surface area (TPSA) is 122 Å². The molecule has 3 N–H and O–H groups in total. The highest BCUT2D eigenvalue weighted by Crippen LogP contribution is 2.36. The molecule has 1 unspecified atom stereocenters. The van der Waals surface area contributed by atoms with Crippen LogP contribution in [0.2, 0.25) is 5.02 Å². The number of hydrogen-bond donors (Lipinski definition) is 3. The van der Waals surface area contributed by atoms with E-state index in [0.29, 0.717) is 28.8 Å². The van der Waals surface area contributed by atoms with E-state index in [0.717, 1.165) is 11.6 Å². The van der Waals surface area contributed by atoms with Gasteiger partial charge < -0.3 is 14.8 Å². The summed E-state index contributed by atoms with van der Waals surface area (Å²) < 4.78 is 71.4. The fourth-order valence-corrected chi connectivity index (χ4v) is 5.71. The number of amides is 1. The number of aliphatic hydroxyl groups is 1. The number of pyridine rings is 1. The molecule has 1 amide bonds. The van der Waals surface area contributed by atoms with Gasteiger partial charge in [0.15, 0.2) is 9.84 Å². The molecule has 2 heterocycles. The predicted molar refractivity (Wildman–Crippen MR) is 157 cm³/mol. The molecule has 8 nitrogen and oxygen atoms in total. The van der Waals surface area contributed by atoms with Crippen molar-refractivity contribution >= 4 is 38.3 Å². The van der Waals surface area contributed by atoms with Crippen LogP contribution in [0.4, 0.5) is 13.2 Å². The highest BCUT2D eigenvalue weighted by atomic mass is 35.5. The third-order valence-corrected chi connectivity index (χ3v) is 8.95. The Balaban J connectivity index is 1.63. The number of nitrogens with one attached hydrogen (secondary N) is 2. The lowest BCUT2D eigenvalue weighted by Gasteiger charge is -2.20. The Hall–Kier alpha value is -3.45. The Bertz CT molecular complexity index is 1720. The Morgan fingerprint density at radius 3 is 2.47 bits per heavy atom. The highest BCUT2D eigenvalue weighted by Gasteiger charge is 2.34. The smallest absolute Gasteiger partial charge is 0.416 e. The van der Waals surface area contributed by atoms with Crippen molar-refractivity contribution < 1.29 is 35.9 Å². The lowest BCUT2D eigenvalue weighted by molar-refractivity contribution is -0.138. The largest absolute Gasteiger partial charge is 0.460 e. The van der Waals surface area contributed by atoms with Crippen LogP contribution in [0.3, 0.4) is 0 Å². The molecule has 0 saturated heterocycles. The second-order valence-corrected chi connectivity index (χ2v) is 12.7. The Kier molecular flexibility index (Phi) is 9.85. The van der Waals surface area contributed by atoms with Gasteiger partial charge in [-0.05, 0) is 55.3 Å². The molecule has 13 heteroatoms. The fourth-order valence-electron chi connectivity index (χ4n) is 4.72. The number of halogens is 4. The van der Waals surface area contributed by atoms with Crippen molar-refractivity contribution in [1.82, 2.24) is 15.6 Å². The van der Waals surface area contributed by atoms with Crippen molar-refractivity contribution in [1.29, 1.82) is 0 Å². The quantitative estimate of drug-likeness (QED) is 0.177. The van der Waals surface area contributed by atoms with E-state index in [-0.39, 0.29) is 39.8 Å². The van der Waals surface area contributed by atoms with Crippen LogP contribution in [0.25, 0.3) is 11.0 Å². The molecule has 0 spiro atoms. The number of nitrogens with zero attached hydrogens (tertiary/aromatic N) is 1. The van der Waals surface area contributed by atoms with E-state index in [1.54, 1.807) is 12.1 Å². The molecule has 43 heavy (non-hydrogen) atoms. The molecule has 0 saturated carbocycles. The van der Waals surface area contributed by atoms with Gasteiger partial charge >= 0.3 is 6.18 Å². The summed E-state index contributed by atoms with van der Waals surface area (Å²) in [5.41, 5.74) is 0.846. The van der Waals surface area contributed by atoms with E-state index in [1.165, 1.54) is 50.4 Å². The van der Waals surface area contributed by atoms with Gasteiger partial charge in [0.25, 0.3) is 5.91 Å². The van der Waals surface area contributed by atoms with Crippen molar-refractivity contribution in [2.45, 2.75) is 57.0 Å². The molecule has 0 bridgehead atoms. The lowest BCUT2D eigenvalue weighted by atomic mass is 9.99. The number of sulfone groups is 1. The van der Waals surface area contributed by atoms with Crippen LogP contribution in [-0.4, -0.2) is 42.9 Å². The van der Waals surface area contributed by atoms with E-state index in [2.05, 4.69) is 15.6 Å². The number of aromatic nitrogens is 1. The second kappa shape index (κ2) is 13.0. The number of hydrogen-bond acceptors (Lipinski definition) is 7. The molecular weight excluding hydrogens is 607 g/mol. The predicted octanol–water partition coefficient (Wildman–Crippen LogP) is 5.85. The van der Waals surface area contributed by atoms with Gasteiger partial charge in [0.05, 0.1) is 27.9 Å². The molecule has 0 aliphatic carbocycles. The minimum absolute atomic E-state index is 0.0160. The van der Waals surface area contributed by atoms with E-state index in [1.807, 2.05) is 6.92 Å². The molecule has 230 valence electrons. The molecule has 2 aromatic heterocycles. The van der Waals surface area contributed by atoms with Gasteiger partial charge in [-0.15, -0.1) is 0 Å². The number of carbonyl (C=O) groups is 1. The van der Waals surface area contributed by atoms with E-state index in [9.17, 15) is 31.5 Å². The normalized spacial score (nSPS) is 13.7. The Labute approximate surface area is 252 Å². The van der Waals surface area contributed by atoms with Gasteiger partial charge in [0.1, 0.15) is 17.6 Å². The molecule has 0 radical (unpaired) electrons. The zero-order valence-corrected chi connectivity index (χ0v) is 25.2. The first-order valence-corrected chi connectivity index (χ1v) is 15.6. The summed E-state index contributed by atoms with van der Waals surface area (Å²) in [5, 5.41) is 16.1. The number of aryl methyl sites for hydroxylation is 1. The first-order valence-electron chi connectivity index (χ1n) is 13.5. The number of rotatable bonds is 11. The summed E-state index contributed by atoms with van der Waals surface area (Å²) in [5.74, 6) is -0.231. The molecule has 2 atom stereocenters. The van der Waals surface area contributed by atoms with Crippen LogP contribution < -0.4 is 10.6 Å². The van der Waals surface area contributed by atoms with Crippen LogP contribution in [0.5, 0.6) is 0 Å². The fraction of sp³-hybridized carbons (Fsp3) is 0.333. The van der Waals surface area contributed by atoms with Gasteiger partial charge in [-0.1, -0.05) is 37.6 Å². The first kappa shape index (κ1) is 32.5. The molecule has 0 aliphatic heterocycles. The summed E-state index contributed by atoms with van der Waals surface area (Å²) >= 11 is 5.83. The van der Waals surface area contributed by atoms with E-state index >= 15 is 0 Å². The average Bonchev–Trinajstić information content (AvgIpc) is 3.31. The molecular formula is C30H31ClF3N3O5S. The van der Waals surface area contributed by atoms with Gasteiger partial charge in [0.2, 0.25) is 0 Å². The Morgan fingerprint density at radius 2 is 1.86 bits per heavy atom. The van der Waals surface area contributed by atoms with Crippen LogP contribution in [0.1, 0.15) is 65.3 Å². The maximum atomic E-state index is 13.7. The minimum Gasteiger partial charge on any atom is -0.460 e. The summed E-state index contributed by atoms with van der Waals surface area (Å²) in [6.07, 6.45) is -3.88. The summed E-state index contributed by atoms with van der Waals surface area (Å²) in [6.45, 7) is 4.99. The van der Waals surface area contributed by atoms with Crippen LogP contribution in [0.15, 0.2) is 64.0 Å². The average molecular weight is 638 g/mol. The molecule has 2 aromatic carbocycles. The number of fused-ring (bicyclic) bond motifs is 1. The number of furan rings is 1. The monoisotopic (exact) mass is 637 g/mol. The lowest BCUT2D eigenvalue weighted by Crippen LogP contribution is -2.39. The number of benzene rings is 2. The minimum atomic E-state index is -4.59. The van der Waals surface area contributed by atoms with Crippen molar-refractivity contribution in [2.24, 2.45) is 0 Å².